The van der Waals surface area contributed by atoms with Crippen LogP contribution in [-0.2, 0) is 9.53 Å². The van der Waals surface area contributed by atoms with E-state index >= 15 is 0 Å². The molecule has 2 amide bonds. The minimum absolute atomic E-state index is 0.0243. The van der Waals surface area contributed by atoms with E-state index in [9.17, 15) is 22.8 Å². The van der Waals surface area contributed by atoms with Crippen LogP contribution in [0.15, 0.2) is 42.5 Å². The quantitative estimate of drug-likeness (QED) is 0.674. The molecule has 1 fully saturated rings. The van der Waals surface area contributed by atoms with Crippen molar-refractivity contribution in [3.63, 3.8) is 0 Å². The van der Waals surface area contributed by atoms with Crippen molar-refractivity contribution >= 4 is 34.8 Å². The molecule has 3 rings (SSSR count). The predicted molar refractivity (Wildman–Crippen MR) is 119 cm³/mol. The number of anilines is 2. The number of alkyl halides is 3. The maximum Gasteiger partial charge on any atom is 0.435 e. The van der Waals surface area contributed by atoms with Crippen LogP contribution in [0.1, 0.15) is 29.8 Å². The maximum absolute atomic E-state index is 14.2. The fourth-order valence-electron chi connectivity index (χ4n) is 3.66. The van der Waals surface area contributed by atoms with Crippen molar-refractivity contribution in [3.8, 4) is 0 Å². The van der Waals surface area contributed by atoms with Gasteiger partial charge in [-0.1, -0.05) is 35.9 Å². The second-order valence-electron chi connectivity index (χ2n) is 7.89. The molecule has 0 saturated carbocycles. The number of hydrogen-bond donors (Lipinski definition) is 2. The highest BCUT2D eigenvalue weighted by Gasteiger charge is 2.53. The molecule has 0 radical (unpaired) electrons. The zero-order valence-corrected chi connectivity index (χ0v) is 18.9. The number of para-hydroxylation sites is 2. The number of carbonyl (C=O) groups is 2. The molecule has 1 aliphatic rings. The van der Waals surface area contributed by atoms with Crippen molar-refractivity contribution in [1.82, 2.24) is 5.32 Å². The number of rotatable bonds is 5. The molecule has 178 valence electrons. The van der Waals surface area contributed by atoms with Gasteiger partial charge in [-0.05, 0) is 44.5 Å². The summed E-state index contributed by atoms with van der Waals surface area (Å²) in [5.41, 5.74) is 5.91. The summed E-state index contributed by atoms with van der Waals surface area (Å²) in [4.78, 5) is 25.3. The fourth-order valence-corrected chi connectivity index (χ4v) is 3.88. The summed E-state index contributed by atoms with van der Waals surface area (Å²) in [5.74, 6) is -1.49. The number of hydrazine groups is 1. The molecule has 2 unspecified atom stereocenters. The van der Waals surface area contributed by atoms with E-state index in [-0.39, 0.29) is 28.0 Å². The van der Waals surface area contributed by atoms with E-state index in [1.165, 1.54) is 18.2 Å². The molecule has 7 nitrogen and oxygen atoms in total. The van der Waals surface area contributed by atoms with Gasteiger partial charge in [0.05, 0.1) is 28.6 Å². The van der Waals surface area contributed by atoms with Crippen LogP contribution in [0.3, 0.4) is 0 Å². The first-order valence-corrected chi connectivity index (χ1v) is 10.5. The highest BCUT2D eigenvalue weighted by molar-refractivity contribution is 6.33. The molecular formula is C22H24ClF3N4O3. The van der Waals surface area contributed by atoms with Gasteiger partial charge in [0.25, 0.3) is 5.91 Å². The van der Waals surface area contributed by atoms with E-state index < -0.39 is 36.9 Å². The predicted octanol–water partition coefficient (Wildman–Crippen LogP) is 3.79. The summed E-state index contributed by atoms with van der Waals surface area (Å²) in [6.45, 7) is 4.40. The van der Waals surface area contributed by atoms with Crippen molar-refractivity contribution in [1.29, 1.82) is 0 Å². The largest absolute Gasteiger partial charge is 0.435 e. The van der Waals surface area contributed by atoms with Gasteiger partial charge in [0.2, 0.25) is 12.1 Å². The number of benzene rings is 2. The smallest absolute Gasteiger partial charge is 0.368 e. The third-order valence-corrected chi connectivity index (χ3v) is 5.32. The van der Waals surface area contributed by atoms with Crippen LogP contribution in [0.5, 0.6) is 0 Å². The molecule has 3 N–H and O–H groups in total. The lowest BCUT2D eigenvalue weighted by Crippen LogP contribution is -2.68. The molecule has 0 spiro atoms. The second-order valence-corrected chi connectivity index (χ2v) is 8.29. The molecule has 2 aromatic rings. The van der Waals surface area contributed by atoms with E-state index in [4.69, 9.17) is 22.1 Å². The Balaban J connectivity index is 2.32. The topological polar surface area (TPSA) is 87.9 Å². The minimum atomic E-state index is -4.88. The molecule has 1 heterocycles. The van der Waals surface area contributed by atoms with Crippen molar-refractivity contribution in [2.24, 2.45) is 5.73 Å². The summed E-state index contributed by atoms with van der Waals surface area (Å²) in [5, 5.41) is 4.62. The Morgan fingerprint density at radius 3 is 2.39 bits per heavy atom. The van der Waals surface area contributed by atoms with Crippen LogP contribution >= 0.6 is 11.6 Å². The summed E-state index contributed by atoms with van der Waals surface area (Å²) >= 11 is 6.33. The van der Waals surface area contributed by atoms with Crippen molar-refractivity contribution < 1.29 is 27.5 Å². The average Bonchev–Trinajstić information content (AvgIpc) is 2.71. The first-order valence-electron chi connectivity index (χ1n) is 10.1. The molecule has 11 heteroatoms. The van der Waals surface area contributed by atoms with Gasteiger partial charge in [0.1, 0.15) is 0 Å². The van der Waals surface area contributed by atoms with Gasteiger partial charge in [-0.2, -0.15) is 13.2 Å². The van der Waals surface area contributed by atoms with Gasteiger partial charge in [-0.25, -0.2) is 5.01 Å². The Labute approximate surface area is 194 Å². The van der Waals surface area contributed by atoms with Crippen molar-refractivity contribution in [2.75, 3.05) is 16.6 Å². The molecule has 0 bridgehead atoms. The van der Waals surface area contributed by atoms with Crippen molar-refractivity contribution in [3.05, 3.63) is 58.6 Å². The zero-order valence-electron chi connectivity index (χ0n) is 18.2. The Hall–Kier alpha value is -2.98. The summed E-state index contributed by atoms with van der Waals surface area (Å²) < 4.78 is 47.8. The number of nitrogens with zero attached hydrogens (tertiary/aromatic N) is 2. The number of ether oxygens (including phenoxy) is 1. The van der Waals surface area contributed by atoms with Gasteiger partial charge >= 0.3 is 6.18 Å². The van der Waals surface area contributed by atoms with Gasteiger partial charge in [-0.3, -0.25) is 14.6 Å². The van der Waals surface area contributed by atoms with Crippen molar-refractivity contribution in [2.45, 2.75) is 45.3 Å². The summed E-state index contributed by atoms with van der Waals surface area (Å²) in [7, 11) is 0. The third-order valence-electron chi connectivity index (χ3n) is 5.00. The Morgan fingerprint density at radius 2 is 1.82 bits per heavy atom. The fraction of sp³-hybridized carbons (Fsp3) is 0.364. The molecular weight excluding hydrogens is 461 g/mol. The minimum Gasteiger partial charge on any atom is -0.368 e. The first-order chi connectivity index (χ1) is 15.4. The van der Waals surface area contributed by atoms with Crippen LogP contribution in [0.4, 0.5) is 24.5 Å². The maximum atomic E-state index is 14.2. The molecule has 1 saturated heterocycles. The summed E-state index contributed by atoms with van der Waals surface area (Å²) in [6.07, 6.45) is -7.38. The molecule has 0 aliphatic carbocycles. The molecule has 2 atom stereocenters. The lowest BCUT2D eigenvalue weighted by atomic mass is 10.0. The molecule has 1 aliphatic heterocycles. The standard InChI is InChI=1S/C22H24ClF3N4O3/c1-12(2)28-20(32)14-8-6-7-13(3)18(14)30-21(22(24,25)26)33-11-17(19(27)31)29(30)16-10-5-4-9-15(16)23/h4-10,12,17,21H,11H2,1-3H3,(H2,27,31)(H,28,32). The highest BCUT2D eigenvalue weighted by Crippen LogP contribution is 2.41. The molecule has 0 aromatic heterocycles. The normalized spacial score (nSPS) is 19.0. The number of amides is 2. The van der Waals surface area contributed by atoms with Gasteiger partial charge < -0.3 is 15.8 Å². The lowest BCUT2D eigenvalue weighted by molar-refractivity contribution is -0.229. The van der Waals surface area contributed by atoms with E-state index in [1.807, 2.05) is 0 Å². The number of nitrogens with one attached hydrogen (secondary N) is 1. The van der Waals surface area contributed by atoms with Crippen LogP contribution in [0.2, 0.25) is 5.02 Å². The summed E-state index contributed by atoms with van der Waals surface area (Å²) in [6, 6.07) is 9.08. The zero-order chi connectivity index (χ0) is 24.5. The lowest BCUT2D eigenvalue weighted by Gasteiger charge is -2.50. The Kier molecular flexibility index (Phi) is 7.08. The van der Waals surface area contributed by atoms with Crippen LogP contribution in [0, 0.1) is 6.92 Å². The Bertz CT molecular complexity index is 1050. The monoisotopic (exact) mass is 484 g/mol. The average molecular weight is 485 g/mol. The molecule has 2 aromatic carbocycles. The van der Waals surface area contributed by atoms with Gasteiger partial charge in [0, 0.05) is 6.04 Å². The van der Waals surface area contributed by atoms with Gasteiger partial charge in [0.15, 0.2) is 6.04 Å². The first kappa shape index (κ1) is 24.7. The van der Waals surface area contributed by atoms with Crippen LogP contribution < -0.4 is 21.1 Å². The number of halogens is 4. The van der Waals surface area contributed by atoms with E-state index in [0.717, 1.165) is 10.0 Å². The highest BCUT2D eigenvalue weighted by atomic mass is 35.5. The number of carbonyl (C=O) groups excluding carboxylic acids is 2. The van der Waals surface area contributed by atoms with E-state index in [0.29, 0.717) is 5.56 Å². The number of nitrogens with two attached hydrogens (primary N) is 1. The van der Waals surface area contributed by atoms with E-state index in [2.05, 4.69) is 5.32 Å². The third kappa shape index (κ3) is 5.01. The van der Waals surface area contributed by atoms with Crippen LogP contribution in [-0.4, -0.2) is 42.9 Å². The van der Waals surface area contributed by atoms with E-state index in [1.54, 1.807) is 45.0 Å². The number of aryl methyl sites for hydroxylation is 1. The number of primary amides is 1. The van der Waals surface area contributed by atoms with Crippen LogP contribution in [0.25, 0.3) is 0 Å². The number of hydrogen-bond acceptors (Lipinski definition) is 5. The Morgan fingerprint density at radius 1 is 1.15 bits per heavy atom. The molecule has 33 heavy (non-hydrogen) atoms. The SMILES string of the molecule is Cc1cccc(C(=O)NC(C)C)c1N1C(C(F)(F)F)OCC(C(N)=O)N1c1ccccc1Cl. The second kappa shape index (κ2) is 9.48. The van der Waals surface area contributed by atoms with Gasteiger partial charge in [-0.15, -0.1) is 0 Å².